The van der Waals surface area contributed by atoms with Crippen LogP contribution in [-0.4, -0.2) is 56.8 Å². The summed E-state index contributed by atoms with van der Waals surface area (Å²) in [5, 5.41) is 6.05. The average molecular weight is 329 g/mol. The molecule has 0 atom stereocenters. The lowest BCUT2D eigenvalue weighted by Crippen LogP contribution is -2.48. The SMILES string of the molecule is Nc1ncc(C(=O)NN2CCOCC2)c2nc(-c3ccco3)nn12. The zero-order chi connectivity index (χ0) is 16.5. The highest BCUT2D eigenvalue weighted by Crippen LogP contribution is 2.19. The molecule has 1 fully saturated rings. The summed E-state index contributed by atoms with van der Waals surface area (Å²) >= 11 is 0. The predicted octanol–water partition coefficient (Wildman–Crippen LogP) is -0.0565. The first-order valence-electron chi connectivity index (χ1n) is 7.41. The Hall–Kier alpha value is -2.98. The molecule has 24 heavy (non-hydrogen) atoms. The molecule has 0 unspecified atom stereocenters. The van der Waals surface area contributed by atoms with Crippen LogP contribution in [0.1, 0.15) is 10.4 Å². The van der Waals surface area contributed by atoms with Crippen molar-refractivity contribution in [1.82, 2.24) is 30.0 Å². The minimum absolute atomic E-state index is 0.137. The Morgan fingerprint density at radius 1 is 1.33 bits per heavy atom. The van der Waals surface area contributed by atoms with Crippen LogP contribution in [0.25, 0.3) is 17.2 Å². The Balaban J connectivity index is 1.69. The highest BCUT2D eigenvalue weighted by atomic mass is 16.5. The van der Waals surface area contributed by atoms with Gasteiger partial charge in [0, 0.05) is 19.3 Å². The molecule has 124 valence electrons. The quantitative estimate of drug-likeness (QED) is 0.685. The second kappa shape index (κ2) is 5.91. The largest absolute Gasteiger partial charge is 0.461 e. The number of carbonyl (C=O) groups excluding carboxylic acids is 1. The molecule has 0 bridgehead atoms. The van der Waals surface area contributed by atoms with Gasteiger partial charge in [0.2, 0.25) is 11.8 Å². The number of carbonyl (C=O) groups is 1. The van der Waals surface area contributed by atoms with Gasteiger partial charge in [-0.15, -0.1) is 5.10 Å². The number of hydrogen-bond donors (Lipinski definition) is 2. The maximum Gasteiger partial charge on any atom is 0.270 e. The molecule has 3 aromatic rings. The van der Waals surface area contributed by atoms with Gasteiger partial charge in [-0.05, 0) is 12.1 Å². The van der Waals surface area contributed by atoms with Crippen LogP contribution < -0.4 is 11.2 Å². The summed E-state index contributed by atoms with van der Waals surface area (Å²) in [4.78, 5) is 20.9. The van der Waals surface area contributed by atoms with E-state index >= 15 is 0 Å². The van der Waals surface area contributed by atoms with Gasteiger partial charge in [0.05, 0.1) is 19.5 Å². The van der Waals surface area contributed by atoms with Gasteiger partial charge in [-0.1, -0.05) is 0 Å². The number of hydrazine groups is 1. The monoisotopic (exact) mass is 329 g/mol. The lowest BCUT2D eigenvalue weighted by Gasteiger charge is -2.26. The molecule has 1 saturated heterocycles. The topological polar surface area (TPSA) is 124 Å². The van der Waals surface area contributed by atoms with Crippen LogP contribution in [-0.2, 0) is 4.74 Å². The van der Waals surface area contributed by atoms with E-state index in [9.17, 15) is 4.79 Å². The third-order valence-electron chi connectivity index (χ3n) is 3.65. The van der Waals surface area contributed by atoms with Gasteiger partial charge in [-0.2, -0.15) is 4.52 Å². The lowest BCUT2D eigenvalue weighted by atomic mass is 10.3. The van der Waals surface area contributed by atoms with E-state index in [1.807, 2.05) is 0 Å². The van der Waals surface area contributed by atoms with Gasteiger partial charge in [-0.3, -0.25) is 10.2 Å². The van der Waals surface area contributed by atoms with E-state index in [0.29, 0.717) is 43.5 Å². The molecular weight excluding hydrogens is 314 g/mol. The second-order valence-corrected chi connectivity index (χ2v) is 5.22. The number of morpholine rings is 1. The molecule has 0 radical (unpaired) electrons. The maximum atomic E-state index is 12.6. The number of amides is 1. The number of hydrogen-bond acceptors (Lipinski definition) is 8. The molecule has 0 saturated carbocycles. The Labute approximate surface area is 136 Å². The predicted molar refractivity (Wildman–Crippen MR) is 82.8 cm³/mol. The van der Waals surface area contributed by atoms with Crippen molar-refractivity contribution in [2.24, 2.45) is 0 Å². The lowest BCUT2D eigenvalue weighted by molar-refractivity contribution is 0.0126. The van der Waals surface area contributed by atoms with Crippen LogP contribution in [0.4, 0.5) is 5.95 Å². The molecule has 0 aromatic carbocycles. The molecule has 10 heteroatoms. The van der Waals surface area contributed by atoms with Gasteiger partial charge in [0.15, 0.2) is 11.4 Å². The van der Waals surface area contributed by atoms with Crippen molar-refractivity contribution in [3.05, 3.63) is 30.2 Å². The van der Waals surface area contributed by atoms with Crippen LogP contribution in [0.5, 0.6) is 0 Å². The summed E-state index contributed by atoms with van der Waals surface area (Å²) in [6, 6.07) is 3.46. The standard InChI is InChI=1S/C14H15N7O3/c15-14-16-8-9(13(22)19-20-3-6-23-7-4-20)12-17-11(18-21(12)14)10-2-1-5-24-10/h1-2,5,8H,3-4,6-7H2,(H2,15,16)(H,19,22). The molecule has 10 nitrogen and oxygen atoms in total. The van der Waals surface area contributed by atoms with Crippen molar-refractivity contribution in [2.45, 2.75) is 0 Å². The number of aromatic nitrogens is 4. The van der Waals surface area contributed by atoms with Crippen molar-refractivity contribution in [2.75, 3.05) is 32.0 Å². The van der Waals surface area contributed by atoms with Gasteiger partial charge >= 0.3 is 0 Å². The average Bonchev–Trinajstić information content (AvgIpc) is 3.26. The maximum absolute atomic E-state index is 12.6. The number of ether oxygens (including phenoxy) is 1. The van der Waals surface area contributed by atoms with E-state index in [4.69, 9.17) is 14.9 Å². The molecule has 1 aliphatic heterocycles. The van der Waals surface area contributed by atoms with E-state index in [2.05, 4.69) is 20.5 Å². The molecule has 1 aliphatic rings. The first-order chi connectivity index (χ1) is 11.7. The van der Waals surface area contributed by atoms with E-state index in [0.717, 1.165) is 0 Å². The summed E-state index contributed by atoms with van der Waals surface area (Å²) in [7, 11) is 0. The highest BCUT2D eigenvalue weighted by molar-refractivity contribution is 5.99. The third kappa shape index (κ3) is 2.57. The van der Waals surface area contributed by atoms with Crippen LogP contribution in [0, 0.1) is 0 Å². The van der Waals surface area contributed by atoms with Gasteiger partial charge < -0.3 is 14.9 Å². The highest BCUT2D eigenvalue weighted by Gasteiger charge is 2.21. The molecular formula is C14H15N7O3. The van der Waals surface area contributed by atoms with Crippen LogP contribution >= 0.6 is 0 Å². The Bertz CT molecular complexity index is 868. The molecule has 1 amide bonds. The van der Waals surface area contributed by atoms with E-state index in [-0.39, 0.29) is 17.4 Å². The van der Waals surface area contributed by atoms with Crippen molar-refractivity contribution >= 4 is 17.5 Å². The van der Waals surface area contributed by atoms with Crippen molar-refractivity contribution < 1.29 is 13.9 Å². The third-order valence-corrected chi connectivity index (χ3v) is 3.65. The fourth-order valence-corrected chi connectivity index (χ4v) is 2.44. The fourth-order valence-electron chi connectivity index (χ4n) is 2.44. The second-order valence-electron chi connectivity index (χ2n) is 5.22. The Morgan fingerprint density at radius 3 is 2.92 bits per heavy atom. The number of nitrogens with one attached hydrogen (secondary N) is 1. The summed E-state index contributed by atoms with van der Waals surface area (Å²) in [6.07, 6.45) is 2.91. The number of nitrogens with two attached hydrogens (primary N) is 1. The normalized spacial score (nSPS) is 15.7. The summed E-state index contributed by atoms with van der Waals surface area (Å²) in [5.41, 5.74) is 9.25. The summed E-state index contributed by atoms with van der Waals surface area (Å²) in [6.45, 7) is 2.38. The zero-order valence-corrected chi connectivity index (χ0v) is 12.7. The van der Waals surface area contributed by atoms with E-state index in [1.54, 1.807) is 17.1 Å². The summed E-state index contributed by atoms with van der Waals surface area (Å²) < 4.78 is 11.9. The Morgan fingerprint density at radius 2 is 2.17 bits per heavy atom. The molecule has 4 heterocycles. The van der Waals surface area contributed by atoms with Crippen LogP contribution in [0.2, 0.25) is 0 Å². The van der Waals surface area contributed by atoms with Crippen LogP contribution in [0.3, 0.4) is 0 Å². The number of fused-ring (bicyclic) bond motifs is 1. The molecule has 0 spiro atoms. The van der Waals surface area contributed by atoms with Crippen molar-refractivity contribution in [3.63, 3.8) is 0 Å². The fraction of sp³-hybridized carbons (Fsp3) is 0.286. The molecule has 3 N–H and O–H groups in total. The molecule has 3 aromatic heterocycles. The molecule has 4 rings (SSSR count). The zero-order valence-electron chi connectivity index (χ0n) is 12.7. The summed E-state index contributed by atoms with van der Waals surface area (Å²) in [5.74, 6) is 0.629. The number of rotatable bonds is 3. The molecule has 0 aliphatic carbocycles. The van der Waals surface area contributed by atoms with Crippen molar-refractivity contribution in [1.29, 1.82) is 0 Å². The number of furan rings is 1. The first-order valence-corrected chi connectivity index (χ1v) is 7.41. The minimum atomic E-state index is -0.326. The van der Waals surface area contributed by atoms with Gasteiger partial charge in [0.1, 0.15) is 5.56 Å². The number of nitrogen functional groups attached to an aromatic ring is 1. The Kier molecular flexibility index (Phi) is 3.59. The smallest absolute Gasteiger partial charge is 0.270 e. The van der Waals surface area contributed by atoms with Gasteiger partial charge in [0.25, 0.3) is 5.91 Å². The van der Waals surface area contributed by atoms with E-state index < -0.39 is 0 Å². The number of anilines is 1. The van der Waals surface area contributed by atoms with Crippen molar-refractivity contribution in [3.8, 4) is 11.6 Å². The van der Waals surface area contributed by atoms with E-state index in [1.165, 1.54) is 17.0 Å². The van der Waals surface area contributed by atoms with Gasteiger partial charge in [-0.25, -0.2) is 15.0 Å². The first kappa shape index (κ1) is 14.6. The minimum Gasteiger partial charge on any atom is -0.461 e. The van der Waals surface area contributed by atoms with Crippen LogP contribution in [0.15, 0.2) is 29.0 Å². The number of nitrogens with zero attached hydrogens (tertiary/aromatic N) is 5.